The van der Waals surface area contributed by atoms with E-state index in [-0.39, 0.29) is 11.6 Å². The van der Waals surface area contributed by atoms with Gasteiger partial charge in [-0.2, -0.15) is 0 Å². The number of halogens is 2. The maximum Gasteiger partial charge on any atom is 0.250 e. The van der Waals surface area contributed by atoms with Gasteiger partial charge in [0.2, 0.25) is 17.7 Å². The first-order chi connectivity index (χ1) is 15.2. The number of imide groups is 1. The van der Waals surface area contributed by atoms with Crippen LogP contribution >= 0.6 is 0 Å². The molecule has 0 spiro atoms. The molecule has 0 aliphatic carbocycles. The summed E-state index contributed by atoms with van der Waals surface area (Å²) in [4.78, 5) is 41.6. The minimum Gasteiger partial charge on any atom is -0.336 e. The Labute approximate surface area is 185 Å². The van der Waals surface area contributed by atoms with Gasteiger partial charge in [0.15, 0.2) is 0 Å². The van der Waals surface area contributed by atoms with Crippen molar-refractivity contribution in [3.8, 4) is 0 Å². The van der Waals surface area contributed by atoms with Crippen LogP contribution in [0.4, 0.5) is 8.78 Å². The molecule has 1 heterocycles. The molecule has 2 N–H and O–H groups in total. The lowest BCUT2D eigenvalue weighted by molar-refractivity contribution is -0.153. The van der Waals surface area contributed by atoms with Crippen LogP contribution in [0.15, 0.2) is 60.7 Å². The monoisotopic (exact) mass is 441 g/mol. The molecule has 2 aromatic carbocycles. The van der Waals surface area contributed by atoms with E-state index in [0.717, 1.165) is 22.6 Å². The van der Waals surface area contributed by atoms with Crippen LogP contribution in [0.3, 0.4) is 0 Å². The highest BCUT2D eigenvalue weighted by Gasteiger charge is 2.38. The molecule has 0 fully saturated rings. The van der Waals surface area contributed by atoms with E-state index in [9.17, 15) is 23.2 Å². The molecule has 0 radical (unpaired) electrons. The summed E-state index contributed by atoms with van der Waals surface area (Å²) in [6, 6.07) is 9.59. The first kappa shape index (κ1) is 23.3. The number of carbonyl (C=O) groups excluding carboxylic acids is 3. The van der Waals surface area contributed by atoms with Gasteiger partial charge in [0.05, 0.1) is 18.5 Å². The van der Waals surface area contributed by atoms with Crippen molar-refractivity contribution in [2.24, 2.45) is 5.73 Å². The molecule has 6 nitrogen and oxygen atoms in total. The molecule has 3 amide bonds. The second-order valence-electron chi connectivity index (χ2n) is 7.83. The maximum atomic E-state index is 13.6. The van der Waals surface area contributed by atoms with Crippen molar-refractivity contribution in [3.05, 3.63) is 83.4 Å². The average Bonchev–Trinajstić information content (AvgIpc) is 2.87. The number of rotatable bonds is 5. The molecule has 3 rings (SSSR count). The van der Waals surface area contributed by atoms with Gasteiger partial charge in [-0.3, -0.25) is 19.3 Å². The van der Waals surface area contributed by atoms with E-state index in [1.807, 2.05) is 30.3 Å². The van der Waals surface area contributed by atoms with Crippen molar-refractivity contribution >= 4 is 17.7 Å². The van der Waals surface area contributed by atoms with Crippen molar-refractivity contribution in [1.82, 2.24) is 9.80 Å². The fourth-order valence-electron chi connectivity index (χ4n) is 3.78. The molecule has 0 unspecified atom stereocenters. The third-order valence-electron chi connectivity index (χ3n) is 5.38. The van der Waals surface area contributed by atoms with Gasteiger partial charge in [-0.1, -0.05) is 42.5 Å². The smallest absolute Gasteiger partial charge is 0.250 e. The van der Waals surface area contributed by atoms with Crippen molar-refractivity contribution in [3.63, 3.8) is 0 Å². The number of amides is 3. The van der Waals surface area contributed by atoms with Crippen LogP contribution in [0.25, 0.3) is 0 Å². The van der Waals surface area contributed by atoms with Crippen LogP contribution in [0.1, 0.15) is 30.5 Å². The number of nitrogens with zero attached hydrogens (tertiary/aromatic N) is 2. The summed E-state index contributed by atoms with van der Waals surface area (Å²) >= 11 is 0. The van der Waals surface area contributed by atoms with Gasteiger partial charge in [0, 0.05) is 13.1 Å². The summed E-state index contributed by atoms with van der Waals surface area (Å²) in [5.41, 5.74) is 6.72. The highest BCUT2D eigenvalue weighted by Crippen LogP contribution is 2.28. The van der Waals surface area contributed by atoms with E-state index in [2.05, 4.69) is 0 Å². The number of hydrogen-bond donors (Lipinski definition) is 1. The molecule has 0 aromatic heterocycles. The molecular weight excluding hydrogens is 416 g/mol. The van der Waals surface area contributed by atoms with E-state index >= 15 is 0 Å². The summed E-state index contributed by atoms with van der Waals surface area (Å²) < 4.78 is 27.1. The lowest BCUT2D eigenvalue weighted by Crippen LogP contribution is -2.55. The second-order valence-corrected chi connectivity index (χ2v) is 7.83. The Kier molecular flexibility index (Phi) is 7.15. The molecule has 8 heteroatoms. The minimum atomic E-state index is -1.21. The van der Waals surface area contributed by atoms with Crippen molar-refractivity contribution in [2.45, 2.75) is 37.9 Å². The van der Waals surface area contributed by atoms with E-state index in [4.69, 9.17) is 5.73 Å². The molecular formula is C24H25F2N3O3. The van der Waals surface area contributed by atoms with E-state index in [1.165, 1.54) is 17.9 Å². The number of benzene rings is 2. The number of carbonyl (C=O) groups is 3. The number of hydrogen-bond acceptors (Lipinski definition) is 4. The molecule has 0 saturated heterocycles. The first-order valence-electron chi connectivity index (χ1n) is 10.2. The van der Waals surface area contributed by atoms with Gasteiger partial charge in [-0.15, -0.1) is 0 Å². The van der Waals surface area contributed by atoms with Gasteiger partial charge < -0.3 is 10.6 Å². The molecule has 1 aliphatic rings. The minimum absolute atomic E-state index is 0.0514. The molecule has 168 valence electrons. The Morgan fingerprint density at radius 1 is 1.16 bits per heavy atom. The van der Waals surface area contributed by atoms with Crippen LogP contribution in [-0.2, 0) is 20.8 Å². The molecule has 32 heavy (non-hydrogen) atoms. The molecule has 3 atom stereocenters. The predicted molar refractivity (Wildman–Crippen MR) is 115 cm³/mol. The van der Waals surface area contributed by atoms with Crippen LogP contribution in [0.2, 0.25) is 0 Å². The summed E-state index contributed by atoms with van der Waals surface area (Å²) in [7, 11) is 1.61. The average molecular weight is 441 g/mol. The Hall–Kier alpha value is -3.39. The summed E-state index contributed by atoms with van der Waals surface area (Å²) in [6.45, 7) is 1.41. The van der Waals surface area contributed by atoms with Gasteiger partial charge in [-0.05, 0) is 36.6 Å². The lowest BCUT2D eigenvalue weighted by Gasteiger charge is -2.33. The Morgan fingerprint density at radius 2 is 1.78 bits per heavy atom. The topological polar surface area (TPSA) is 83.7 Å². The summed E-state index contributed by atoms with van der Waals surface area (Å²) in [5.74, 6) is -3.66. The van der Waals surface area contributed by atoms with Crippen LogP contribution in [0.5, 0.6) is 0 Å². The molecule has 0 bridgehead atoms. The Balaban J connectivity index is 1.92. The van der Waals surface area contributed by atoms with E-state index < -0.39 is 47.9 Å². The van der Waals surface area contributed by atoms with Crippen molar-refractivity contribution in [1.29, 1.82) is 0 Å². The molecule has 0 saturated carbocycles. The van der Waals surface area contributed by atoms with Crippen LogP contribution in [0, 0.1) is 11.6 Å². The number of likely N-dealkylation sites (N-methyl/N-ethyl adjacent to an activating group) is 1. The maximum absolute atomic E-state index is 13.6. The standard InChI is InChI=1S/C24H25F2N3O3/c1-15(27)23(31)29(22(30)13-16-11-18(25)14-19(26)12-16)21-10-6-9-20(28(2)24(21)32)17-7-4-3-5-8-17/h3-8,10-12,14-15,20-21H,9,13,27H2,1-2H3/t15-,20+,21-/m0/s1. The van der Waals surface area contributed by atoms with Gasteiger partial charge in [0.25, 0.3) is 0 Å². The zero-order chi connectivity index (χ0) is 23.4. The van der Waals surface area contributed by atoms with Gasteiger partial charge in [-0.25, -0.2) is 8.78 Å². The van der Waals surface area contributed by atoms with Gasteiger partial charge >= 0.3 is 0 Å². The van der Waals surface area contributed by atoms with Crippen molar-refractivity contribution in [2.75, 3.05) is 7.05 Å². The fraction of sp³-hybridized carbons (Fsp3) is 0.292. The largest absolute Gasteiger partial charge is 0.336 e. The lowest BCUT2D eigenvalue weighted by atomic mass is 10.0. The van der Waals surface area contributed by atoms with E-state index in [0.29, 0.717) is 12.5 Å². The molecule has 2 aromatic rings. The zero-order valence-electron chi connectivity index (χ0n) is 17.9. The van der Waals surface area contributed by atoms with Crippen LogP contribution in [-0.4, -0.2) is 46.7 Å². The van der Waals surface area contributed by atoms with Crippen LogP contribution < -0.4 is 5.73 Å². The SMILES string of the molecule is C[C@H](N)C(=O)N(C(=O)Cc1cc(F)cc(F)c1)[C@H]1C=CC[C@H](c2ccccc2)N(C)C1=O. The van der Waals surface area contributed by atoms with E-state index in [1.54, 1.807) is 13.1 Å². The second kappa shape index (κ2) is 9.82. The summed E-state index contributed by atoms with van der Waals surface area (Å²) in [5, 5.41) is 0. The molecule has 1 aliphatic heterocycles. The highest BCUT2D eigenvalue weighted by molar-refractivity contribution is 6.03. The highest BCUT2D eigenvalue weighted by atomic mass is 19.1. The Morgan fingerprint density at radius 3 is 2.38 bits per heavy atom. The fourth-order valence-corrected chi connectivity index (χ4v) is 3.78. The normalized spacial score (nSPS) is 19.4. The van der Waals surface area contributed by atoms with Gasteiger partial charge in [0.1, 0.15) is 17.7 Å². The quantitative estimate of drug-likeness (QED) is 0.724. The third-order valence-corrected chi connectivity index (χ3v) is 5.38. The predicted octanol–water partition coefficient (Wildman–Crippen LogP) is 2.74. The zero-order valence-corrected chi connectivity index (χ0v) is 17.9. The van der Waals surface area contributed by atoms with Crippen molar-refractivity contribution < 1.29 is 23.2 Å². The first-order valence-corrected chi connectivity index (χ1v) is 10.2. The summed E-state index contributed by atoms with van der Waals surface area (Å²) in [6.07, 6.45) is 3.29. The number of nitrogens with two attached hydrogens (primary N) is 1. The Bertz CT molecular complexity index is 1020. The third kappa shape index (κ3) is 5.08.